The summed E-state index contributed by atoms with van der Waals surface area (Å²) in [6.07, 6.45) is 0.923. The van der Waals surface area contributed by atoms with Crippen molar-refractivity contribution < 1.29 is 9.53 Å². The van der Waals surface area contributed by atoms with Gasteiger partial charge in [-0.3, -0.25) is 9.69 Å². The van der Waals surface area contributed by atoms with E-state index >= 15 is 0 Å². The van der Waals surface area contributed by atoms with Crippen molar-refractivity contribution >= 4 is 22.6 Å². The Labute approximate surface area is 189 Å². The van der Waals surface area contributed by atoms with Crippen LogP contribution in [-0.2, 0) is 11.8 Å². The molecule has 0 bridgehead atoms. The second-order valence-corrected chi connectivity index (χ2v) is 8.36. The third-order valence-electron chi connectivity index (χ3n) is 5.89. The third kappa shape index (κ3) is 5.19. The number of hydrogen-bond donors (Lipinski definition) is 1. The fourth-order valence-corrected chi connectivity index (χ4v) is 4.23. The first kappa shape index (κ1) is 22.1. The van der Waals surface area contributed by atoms with E-state index in [2.05, 4.69) is 55.5 Å². The van der Waals surface area contributed by atoms with Gasteiger partial charge in [0.15, 0.2) is 12.3 Å². The molecule has 1 aromatic carbocycles. The normalized spacial score (nSPS) is 14.7. The summed E-state index contributed by atoms with van der Waals surface area (Å²) in [5, 5.41) is 8.21. The van der Waals surface area contributed by atoms with E-state index in [1.54, 1.807) is 4.68 Å². The Kier molecular flexibility index (Phi) is 6.90. The monoisotopic (exact) mass is 436 g/mol. The van der Waals surface area contributed by atoms with Gasteiger partial charge in [0, 0.05) is 51.2 Å². The van der Waals surface area contributed by atoms with Crippen molar-refractivity contribution in [2.45, 2.75) is 20.3 Å². The summed E-state index contributed by atoms with van der Waals surface area (Å²) in [4.78, 5) is 21.6. The smallest absolute Gasteiger partial charge is 0.258 e. The van der Waals surface area contributed by atoms with Crippen LogP contribution in [0.1, 0.15) is 17.7 Å². The number of aromatic nitrogens is 3. The Balaban J connectivity index is 1.16. The molecule has 32 heavy (non-hydrogen) atoms. The highest BCUT2D eigenvalue weighted by Gasteiger charge is 2.17. The summed E-state index contributed by atoms with van der Waals surface area (Å²) in [6, 6.07) is 12.6. The molecule has 0 atom stereocenters. The van der Waals surface area contributed by atoms with Gasteiger partial charge in [0.05, 0.1) is 5.39 Å². The number of fused-ring (bicyclic) bond motifs is 1. The van der Waals surface area contributed by atoms with Crippen molar-refractivity contribution in [1.29, 1.82) is 0 Å². The zero-order valence-corrected chi connectivity index (χ0v) is 19.2. The highest BCUT2D eigenvalue weighted by Crippen LogP contribution is 2.26. The van der Waals surface area contributed by atoms with Crippen molar-refractivity contribution in [3.8, 4) is 5.88 Å². The number of carbonyl (C=O) groups is 1. The van der Waals surface area contributed by atoms with Crippen LogP contribution in [0.4, 0.5) is 5.69 Å². The SMILES string of the molecule is Cc1cc(C)c2c(OCC(=O)NCCCN3CCN(c4ccccc4)CC3)nn(C)c2n1. The summed E-state index contributed by atoms with van der Waals surface area (Å²) in [5.74, 6) is 0.328. The van der Waals surface area contributed by atoms with E-state index in [1.165, 1.54) is 5.69 Å². The lowest BCUT2D eigenvalue weighted by Crippen LogP contribution is -2.47. The van der Waals surface area contributed by atoms with E-state index in [0.717, 1.165) is 61.4 Å². The Bertz CT molecular complexity index is 1060. The van der Waals surface area contributed by atoms with Crippen molar-refractivity contribution in [2.75, 3.05) is 50.8 Å². The Morgan fingerprint density at radius 2 is 1.88 bits per heavy atom. The quantitative estimate of drug-likeness (QED) is 0.546. The molecule has 1 amide bonds. The maximum absolute atomic E-state index is 12.2. The Morgan fingerprint density at radius 3 is 2.62 bits per heavy atom. The van der Waals surface area contributed by atoms with E-state index in [4.69, 9.17) is 4.74 Å². The predicted molar refractivity (Wildman–Crippen MR) is 126 cm³/mol. The van der Waals surface area contributed by atoms with E-state index in [1.807, 2.05) is 27.0 Å². The molecule has 0 unspecified atom stereocenters. The van der Waals surface area contributed by atoms with Crippen LogP contribution < -0.4 is 15.0 Å². The second-order valence-electron chi connectivity index (χ2n) is 8.36. The van der Waals surface area contributed by atoms with Crippen molar-refractivity contribution in [3.05, 3.63) is 47.7 Å². The fourth-order valence-electron chi connectivity index (χ4n) is 4.23. The van der Waals surface area contributed by atoms with Crippen LogP contribution in [0.15, 0.2) is 36.4 Å². The van der Waals surface area contributed by atoms with E-state index in [0.29, 0.717) is 12.4 Å². The van der Waals surface area contributed by atoms with E-state index < -0.39 is 0 Å². The molecule has 8 nitrogen and oxygen atoms in total. The lowest BCUT2D eigenvalue weighted by molar-refractivity contribution is -0.123. The molecule has 1 N–H and O–H groups in total. The molecule has 1 fully saturated rings. The summed E-state index contributed by atoms with van der Waals surface area (Å²) in [7, 11) is 1.83. The molecule has 0 saturated carbocycles. The molecule has 3 aromatic rings. The molecule has 1 aliphatic heterocycles. The first-order valence-corrected chi connectivity index (χ1v) is 11.2. The largest absolute Gasteiger partial charge is 0.466 e. The van der Waals surface area contributed by atoms with Crippen molar-refractivity contribution in [1.82, 2.24) is 25.0 Å². The average Bonchev–Trinajstić information content (AvgIpc) is 3.12. The zero-order valence-electron chi connectivity index (χ0n) is 19.2. The number of anilines is 1. The summed E-state index contributed by atoms with van der Waals surface area (Å²) in [6.45, 7) is 9.71. The molecule has 170 valence electrons. The van der Waals surface area contributed by atoms with Gasteiger partial charge in [0.1, 0.15) is 0 Å². The molecular formula is C24H32N6O2. The molecule has 8 heteroatoms. The van der Waals surface area contributed by atoms with Crippen LogP contribution >= 0.6 is 0 Å². The van der Waals surface area contributed by atoms with Crippen molar-refractivity contribution in [2.24, 2.45) is 7.05 Å². The number of aryl methyl sites for hydroxylation is 3. The minimum absolute atomic E-state index is 0.0464. The fraction of sp³-hybridized carbons (Fsp3) is 0.458. The number of ether oxygens (including phenoxy) is 1. The lowest BCUT2D eigenvalue weighted by Gasteiger charge is -2.36. The number of benzene rings is 1. The molecule has 0 aliphatic carbocycles. The number of pyridine rings is 1. The van der Waals surface area contributed by atoms with Gasteiger partial charge >= 0.3 is 0 Å². The van der Waals surface area contributed by atoms with Gasteiger partial charge in [0.2, 0.25) is 5.88 Å². The molecule has 4 rings (SSSR count). The molecule has 1 saturated heterocycles. The highest BCUT2D eigenvalue weighted by atomic mass is 16.5. The topological polar surface area (TPSA) is 75.5 Å². The van der Waals surface area contributed by atoms with Crippen LogP contribution in [-0.4, -0.2) is 71.4 Å². The van der Waals surface area contributed by atoms with Gasteiger partial charge in [-0.25, -0.2) is 9.67 Å². The van der Waals surface area contributed by atoms with Gasteiger partial charge in [0.25, 0.3) is 5.91 Å². The zero-order chi connectivity index (χ0) is 22.5. The number of hydrogen-bond acceptors (Lipinski definition) is 6. The number of amides is 1. The number of nitrogens with zero attached hydrogens (tertiary/aromatic N) is 5. The number of rotatable bonds is 8. The van der Waals surface area contributed by atoms with Gasteiger partial charge in [-0.2, -0.15) is 0 Å². The van der Waals surface area contributed by atoms with E-state index in [-0.39, 0.29) is 12.5 Å². The summed E-state index contributed by atoms with van der Waals surface area (Å²) >= 11 is 0. The standard InChI is InChI=1S/C24H32N6O2/c1-18-16-19(2)26-23-22(18)24(27-28(23)3)32-17-21(31)25-10-7-11-29-12-14-30(15-13-29)20-8-5-4-6-9-20/h4-6,8-9,16H,7,10-15,17H2,1-3H3,(H,25,31). The molecule has 3 heterocycles. The van der Waals surface area contributed by atoms with Crippen molar-refractivity contribution in [3.63, 3.8) is 0 Å². The Hall–Kier alpha value is -3.13. The van der Waals surface area contributed by atoms with Crippen LogP contribution in [0.3, 0.4) is 0 Å². The van der Waals surface area contributed by atoms with Gasteiger partial charge in [-0.05, 0) is 50.6 Å². The lowest BCUT2D eigenvalue weighted by atomic mass is 10.2. The molecule has 0 spiro atoms. The van der Waals surface area contributed by atoms with Crippen LogP contribution in [0.25, 0.3) is 11.0 Å². The maximum atomic E-state index is 12.2. The molecule has 1 aliphatic rings. The average molecular weight is 437 g/mol. The van der Waals surface area contributed by atoms with Gasteiger partial charge in [-0.1, -0.05) is 18.2 Å². The van der Waals surface area contributed by atoms with Crippen LogP contribution in [0, 0.1) is 13.8 Å². The minimum Gasteiger partial charge on any atom is -0.466 e. The minimum atomic E-state index is -0.129. The number of para-hydroxylation sites is 1. The highest BCUT2D eigenvalue weighted by molar-refractivity contribution is 5.85. The second kappa shape index (κ2) is 9.99. The summed E-state index contributed by atoms with van der Waals surface area (Å²) in [5.41, 5.74) is 4.04. The van der Waals surface area contributed by atoms with Crippen LogP contribution in [0.2, 0.25) is 0 Å². The summed E-state index contributed by atoms with van der Waals surface area (Å²) < 4.78 is 7.42. The third-order valence-corrected chi connectivity index (χ3v) is 5.89. The van der Waals surface area contributed by atoms with Gasteiger partial charge < -0.3 is 15.0 Å². The Morgan fingerprint density at radius 1 is 1.12 bits per heavy atom. The number of piperazine rings is 1. The number of nitrogens with one attached hydrogen (secondary N) is 1. The first-order chi connectivity index (χ1) is 15.5. The molecule has 2 aromatic heterocycles. The van der Waals surface area contributed by atoms with E-state index in [9.17, 15) is 4.79 Å². The first-order valence-electron chi connectivity index (χ1n) is 11.2. The maximum Gasteiger partial charge on any atom is 0.258 e. The van der Waals surface area contributed by atoms with Gasteiger partial charge in [-0.15, -0.1) is 5.10 Å². The molecule has 0 radical (unpaired) electrons. The molecular weight excluding hydrogens is 404 g/mol. The predicted octanol–water partition coefficient (Wildman–Crippen LogP) is 2.29. The van der Waals surface area contributed by atoms with Crippen LogP contribution in [0.5, 0.6) is 5.88 Å². The number of carbonyl (C=O) groups excluding carboxylic acids is 1.